The fraction of sp³-hybridized carbons (Fsp3) is 0.270. The van der Waals surface area contributed by atoms with Crippen molar-refractivity contribution in [1.82, 2.24) is 14.5 Å². The van der Waals surface area contributed by atoms with E-state index in [2.05, 4.69) is 9.97 Å². The van der Waals surface area contributed by atoms with Gasteiger partial charge in [-0.15, -0.1) is 0 Å². The summed E-state index contributed by atoms with van der Waals surface area (Å²) in [5.74, 6) is 0.670. The second kappa shape index (κ2) is 15.5. The molecule has 3 heterocycles. The maximum atomic E-state index is 13.3. The summed E-state index contributed by atoms with van der Waals surface area (Å²) < 4.78 is 44.5. The molecule has 0 radical (unpaired) electrons. The first-order chi connectivity index (χ1) is 24.2. The second-order valence-corrected chi connectivity index (χ2v) is 13.3. The summed E-state index contributed by atoms with van der Waals surface area (Å²) in [4.78, 5) is 42.1. The van der Waals surface area contributed by atoms with Crippen molar-refractivity contribution in [2.75, 3.05) is 20.3 Å². The first kappa shape index (κ1) is 35.2. The molecule has 3 aromatic carbocycles. The SMILES string of the molecule is COc1ccc(C(OC[C@H]2O[C@@H](n3cc(C)c(=O)[nH]c3=O)C[C@@H]2OP(=O)(O)OCCc2ccncc2)(c2ccccc2)c2ccccc2)cc1. The number of phosphoric acid groups is 1. The lowest BCUT2D eigenvalue weighted by Gasteiger charge is -2.37. The molecule has 6 rings (SSSR count). The Kier molecular flexibility index (Phi) is 10.9. The lowest BCUT2D eigenvalue weighted by molar-refractivity contribution is -0.0939. The zero-order chi connectivity index (χ0) is 35.1. The van der Waals surface area contributed by atoms with Crippen molar-refractivity contribution >= 4 is 7.82 Å². The predicted molar refractivity (Wildman–Crippen MR) is 185 cm³/mol. The molecule has 2 N–H and O–H groups in total. The van der Waals surface area contributed by atoms with Gasteiger partial charge in [0.1, 0.15) is 29.8 Å². The van der Waals surface area contributed by atoms with Gasteiger partial charge in [-0.3, -0.25) is 28.4 Å². The maximum absolute atomic E-state index is 13.3. The summed E-state index contributed by atoms with van der Waals surface area (Å²) in [5.41, 5.74) is 1.23. The largest absolute Gasteiger partial charge is 0.497 e. The van der Waals surface area contributed by atoms with E-state index in [4.69, 9.17) is 23.3 Å². The highest BCUT2D eigenvalue weighted by atomic mass is 31.2. The van der Waals surface area contributed by atoms with Gasteiger partial charge < -0.3 is 19.1 Å². The number of rotatable bonds is 14. The molecule has 260 valence electrons. The van der Waals surface area contributed by atoms with Crippen LogP contribution < -0.4 is 16.0 Å². The van der Waals surface area contributed by atoms with E-state index in [1.54, 1.807) is 38.6 Å². The van der Waals surface area contributed by atoms with Gasteiger partial charge in [0.05, 0.1) is 20.3 Å². The van der Waals surface area contributed by atoms with E-state index in [1.165, 1.54) is 10.8 Å². The lowest BCUT2D eigenvalue weighted by Crippen LogP contribution is -2.38. The van der Waals surface area contributed by atoms with E-state index in [9.17, 15) is 19.0 Å². The third-order valence-corrected chi connectivity index (χ3v) is 9.67. The van der Waals surface area contributed by atoms with E-state index >= 15 is 0 Å². The normalized spacial score (nSPS) is 18.8. The Morgan fingerprint density at radius 2 is 1.56 bits per heavy atom. The van der Waals surface area contributed by atoms with Crippen molar-refractivity contribution in [2.45, 2.75) is 43.8 Å². The number of aryl methyl sites for hydroxylation is 1. The third-order valence-electron chi connectivity index (χ3n) is 8.62. The van der Waals surface area contributed by atoms with E-state index in [0.29, 0.717) is 17.7 Å². The van der Waals surface area contributed by atoms with Gasteiger partial charge in [0.15, 0.2) is 0 Å². The molecule has 0 spiro atoms. The summed E-state index contributed by atoms with van der Waals surface area (Å²) in [6, 6.07) is 30.5. The van der Waals surface area contributed by atoms with Crippen LogP contribution in [-0.4, -0.2) is 52.0 Å². The van der Waals surface area contributed by atoms with Gasteiger partial charge in [0.2, 0.25) is 0 Å². The smallest absolute Gasteiger partial charge is 0.472 e. The summed E-state index contributed by atoms with van der Waals surface area (Å²) in [7, 11) is -3.02. The molecule has 0 saturated carbocycles. The molecular formula is C37H38N3O9P. The van der Waals surface area contributed by atoms with Crippen molar-refractivity contribution in [3.8, 4) is 5.75 Å². The average molecular weight is 700 g/mol. The Balaban J connectivity index is 1.34. The molecule has 0 bridgehead atoms. The third kappa shape index (κ3) is 7.87. The molecule has 1 aliphatic rings. The predicted octanol–water partition coefficient (Wildman–Crippen LogP) is 5.29. The van der Waals surface area contributed by atoms with Crippen molar-refractivity contribution in [1.29, 1.82) is 0 Å². The number of pyridine rings is 1. The molecule has 0 amide bonds. The molecule has 1 unspecified atom stereocenters. The van der Waals surface area contributed by atoms with Gasteiger partial charge in [-0.25, -0.2) is 9.36 Å². The first-order valence-corrected chi connectivity index (χ1v) is 17.6. The summed E-state index contributed by atoms with van der Waals surface area (Å²) in [6.45, 7) is 1.35. The number of methoxy groups -OCH3 is 1. The Labute approximate surface area is 288 Å². The minimum Gasteiger partial charge on any atom is -0.497 e. The van der Waals surface area contributed by atoms with Crippen LogP contribution in [0.15, 0.2) is 125 Å². The Hall–Kier alpha value is -4.68. The van der Waals surface area contributed by atoms with Gasteiger partial charge in [-0.05, 0) is 59.9 Å². The molecule has 13 heteroatoms. The molecule has 0 aliphatic carbocycles. The quantitative estimate of drug-likeness (QED) is 0.116. The van der Waals surface area contributed by atoms with Crippen molar-refractivity contribution in [3.63, 3.8) is 0 Å². The molecule has 5 aromatic rings. The Bertz CT molecular complexity index is 1980. The van der Waals surface area contributed by atoms with E-state index in [-0.39, 0.29) is 19.6 Å². The number of ether oxygens (including phenoxy) is 3. The Morgan fingerprint density at radius 3 is 2.18 bits per heavy atom. The van der Waals surface area contributed by atoms with E-state index < -0.39 is 43.1 Å². The Morgan fingerprint density at radius 1 is 0.940 bits per heavy atom. The van der Waals surface area contributed by atoms with E-state index in [0.717, 1.165) is 22.3 Å². The molecular weight excluding hydrogens is 661 g/mol. The van der Waals surface area contributed by atoms with Crippen LogP contribution in [-0.2, 0) is 35.1 Å². The number of aromatic amines is 1. The van der Waals surface area contributed by atoms with Crippen molar-refractivity contribution in [2.24, 2.45) is 0 Å². The zero-order valence-electron chi connectivity index (χ0n) is 27.6. The number of benzene rings is 3. The summed E-state index contributed by atoms with van der Waals surface area (Å²) in [5, 5.41) is 0. The van der Waals surface area contributed by atoms with Crippen LogP contribution in [0.5, 0.6) is 5.75 Å². The van der Waals surface area contributed by atoms with Gasteiger partial charge in [0, 0.05) is 30.6 Å². The van der Waals surface area contributed by atoms with Gasteiger partial charge in [0.25, 0.3) is 5.56 Å². The van der Waals surface area contributed by atoms with Crippen LogP contribution in [0, 0.1) is 6.92 Å². The number of nitrogens with zero attached hydrogens (tertiary/aromatic N) is 2. The van der Waals surface area contributed by atoms with Crippen LogP contribution in [0.25, 0.3) is 0 Å². The minimum absolute atomic E-state index is 0.0100. The van der Waals surface area contributed by atoms with Crippen LogP contribution in [0.3, 0.4) is 0 Å². The summed E-state index contributed by atoms with van der Waals surface area (Å²) in [6.07, 6.45) is 2.05. The standard InChI is InChI=1S/C37H38N3O9P/c1-26-24-40(36(42)39-35(26)41)34-23-32(49-50(43,44)47-22-19-27-17-20-38-21-18-27)33(48-34)25-46-37(28-9-5-3-6-10-28,29-11-7-4-8-12-29)30-13-15-31(45-2)16-14-30/h3-18,20-21,24,32-34H,19,22-23,25H2,1-2H3,(H,43,44)(H,39,41,42)/t32-,33+,34+/m0/s1. The molecule has 12 nitrogen and oxygen atoms in total. The average Bonchev–Trinajstić information content (AvgIpc) is 3.52. The van der Waals surface area contributed by atoms with Gasteiger partial charge in [-0.2, -0.15) is 0 Å². The highest BCUT2D eigenvalue weighted by molar-refractivity contribution is 7.47. The van der Waals surface area contributed by atoms with Crippen LogP contribution in [0.2, 0.25) is 0 Å². The summed E-state index contributed by atoms with van der Waals surface area (Å²) >= 11 is 0. The number of phosphoric ester groups is 1. The number of hydrogen-bond donors (Lipinski definition) is 2. The minimum atomic E-state index is -4.62. The molecule has 50 heavy (non-hydrogen) atoms. The van der Waals surface area contributed by atoms with Crippen LogP contribution >= 0.6 is 7.82 Å². The van der Waals surface area contributed by atoms with Crippen LogP contribution in [0.4, 0.5) is 0 Å². The molecule has 2 aromatic heterocycles. The molecule has 1 fully saturated rings. The fourth-order valence-corrected chi connectivity index (χ4v) is 7.04. The number of nitrogens with one attached hydrogen (secondary N) is 1. The maximum Gasteiger partial charge on any atom is 0.472 e. The first-order valence-electron chi connectivity index (χ1n) is 16.1. The number of hydrogen-bond acceptors (Lipinski definition) is 9. The van der Waals surface area contributed by atoms with Gasteiger partial charge >= 0.3 is 13.5 Å². The number of aromatic nitrogens is 3. The fourth-order valence-electron chi connectivity index (χ4n) is 6.09. The van der Waals surface area contributed by atoms with Gasteiger partial charge in [-0.1, -0.05) is 72.8 Å². The topological polar surface area (TPSA) is 151 Å². The molecule has 4 atom stereocenters. The van der Waals surface area contributed by atoms with E-state index in [1.807, 2.05) is 84.9 Å². The highest BCUT2D eigenvalue weighted by Crippen LogP contribution is 2.49. The molecule has 1 saturated heterocycles. The monoisotopic (exact) mass is 699 g/mol. The zero-order valence-corrected chi connectivity index (χ0v) is 28.5. The second-order valence-electron chi connectivity index (χ2n) is 11.8. The molecule has 1 aliphatic heterocycles. The highest BCUT2D eigenvalue weighted by Gasteiger charge is 2.45. The van der Waals surface area contributed by atoms with Crippen LogP contribution in [0.1, 0.15) is 40.5 Å². The number of H-pyrrole nitrogens is 1. The van der Waals surface area contributed by atoms with Crippen molar-refractivity contribution < 1.29 is 32.7 Å². The lowest BCUT2D eigenvalue weighted by atomic mass is 9.80. The van der Waals surface area contributed by atoms with Crippen molar-refractivity contribution in [3.05, 3.63) is 164 Å².